The molecule has 0 spiro atoms. The molecule has 0 aliphatic carbocycles. The highest BCUT2D eigenvalue weighted by molar-refractivity contribution is 5.79. The van der Waals surface area contributed by atoms with Crippen LogP contribution in [0, 0.1) is 5.92 Å². The molecule has 1 fully saturated rings. The zero-order valence-electron chi connectivity index (χ0n) is 14.4. The van der Waals surface area contributed by atoms with E-state index in [0.717, 1.165) is 11.1 Å². The Kier molecular flexibility index (Phi) is 4.43. The molecule has 2 atom stereocenters. The number of hydrogen-bond acceptors (Lipinski definition) is 6. The molecule has 3 aromatic heterocycles. The lowest BCUT2D eigenvalue weighted by atomic mass is 9.98. The first kappa shape index (κ1) is 16.4. The summed E-state index contributed by atoms with van der Waals surface area (Å²) in [6.45, 7) is 3.40. The van der Waals surface area contributed by atoms with Crippen LogP contribution >= 0.6 is 0 Å². The van der Waals surface area contributed by atoms with E-state index in [4.69, 9.17) is 4.52 Å². The molecule has 1 aliphatic heterocycles. The van der Waals surface area contributed by atoms with Crippen molar-refractivity contribution < 1.29 is 9.32 Å². The van der Waals surface area contributed by atoms with Crippen LogP contribution in [-0.4, -0.2) is 44.0 Å². The first-order chi connectivity index (χ1) is 12.7. The maximum atomic E-state index is 12.6. The summed E-state index contributed by atoms with van der Waals surface area (Å²) >= 11 is 0. The summed E-state index contributed by atoms with van der Waals surface area (Å²) in [5.74, 6) is 1.55. The van der Waals surface area contributed by atoms with E-state index in [1.165, 1.54) is 0 Å². The Labute approximate surface area is 151 Å². The number of rotatable bonds is 4. The van der Waals surface area contributed by atoms with Gasteiger partial charge in [-0.05, 0) is 29.7 Å². The Bertz CT molecular complexity index is 881. The van der Waals surface area contributed by atoms with Crippen LogP contribution in [0.4, 0.5) is 0 Å². The van der Waals surface area contributed by atoms with E-state index in [0.29, 0.717) is 31.2 Å². The van der Waals surface area contributed by atoms with Gasteiger partial charge in [-0.3, -0.25) is 14.8 Å². The van der Waals surface area contributed by atoms with Crippen molar-refractivity contribution in [3.63, 3.8) is 0 Å². The summed E-state index contributed by atoms with van der Waals surface area (Å²) in [4.78, 5) is 27.1. The first-order valence-electron chi connectivity index (χ1n) is 8.61. The van der Waals surface area contributed by atoms with E-state index in [1.807, 2.05) is 29.2 Å². The Morgan fingerprint density at radius 3 is 2.81 bits per heavy atom. The van der Waals surface area contributed by atoms with Crippen LogP contribution in [-0.2, 0) is 11.2 Å². The Hall–Kier alpha value is -3.09. The van der Waals surface area contributed by atoms with Gasteiger partial charge < -0.3 is 9.42 Å². The average molecular weight is 349 g/mol. The highest BCUT2D eigenvalue weighted by Crippen LogP contribution is 2.32. The lowest BCUT2D eigenvalue weighted by Crippen LogP contribution is -2.30. The molecule has 7 nitrogen and oxygen atoms in total. The summed E-state index contributed by atoms with van der Waals surface area (Å²) in [5, 5.41) is 4.08. The minimum Gasteiger partial charge on any atom is -0.341 e. The molecule has 0 radical (unpaired) electrons. The minimum absolute atomic E-state index is 0.0518. The largest absolute Gasteiger partial charge is 0.341 e. The normalized spacial score (nSPS) is 19.7. The number of aromatic nitrogens is 4. The molecule has 2 unspecified atom stereocenters. The monoisotopic (exact) mass is 349 g/mol. The molecule has 0 saturated carbocycles. The zero-order valence-corrected chi connectivity index (χ0v) is 14.4. The summed E-state index contributed by atoms with van der Waals surface area (Å²) in [6.07, 6.45) is 7.19. The van der Waals surface area contributed by atoms with Crippen molar-refractivity contribution in [1.82, 2.24) is 25.0 Å². The van der Waals surface area contributed by atoms with Crippen LogP contribution in [0.15, 0.2) is 53.6 Å². The van der Waals surface area contributed by atoms with Crippen molar-refractivity contribution in [2.24, 2.45) is 5.92 Å². The van der Waals surface area contributed by atoms with Gasteiger partial charge in [0.1, 0.15) is 0 Å². The molecule has 1 aliphatic rings. The Morgan fingerprint density at radius 2 is 2.04 bits per heavy atom. The van der Waals surface area contributed by atoms with Crippen LogP contribution < -0.4 is 0 Å². The van der Waals surface area contributed by atoms with Crippen molar-refractivity contribution >= 4 is 5.91 Å². The van der Waals surface area contributed by atoms with E-state index in [9.17, 15) is 4.79 Å². The van der Waals surface area contributed by atoms with Crippen LogP contribution in [0.1, 0.15) is 24.3 Å². The van der Waals surface area contributed by atoms with Gasteiger partial charge in [0, 0.05) is 43.4 Å². The van der Waals surface area contributed by atoms with Crippen molar-refractivity contribution in [2.45, 2.75) is 19.3 Å². The zero-order chi connectivity index (χ0) is 17.9. The molecule has 1 amide bonds. The number of carbonyl (C=O) groups excluding carboxylic acids is 1. The van der Waals surface area contributed by atoms with Gasteiger partial charge in [0.2, 0.25) is 17.6 Å². The fourth-order valence-corrected chi connectivity index (χ4v) is 3.29. The molecule has 4 heterocycles. The highest BCUT2D eigenvalue weighted by Gasteiger charge is 2.36. The second-order valence-electron chi connectivity index (χ2n) is 6.61. The number of carbonyl (C=O) groups is 1. The predicted octanol–water partition coefficient (Wildman–Crippen LogP) is 2.33. The first-order valence-corrected chi connectivity index (χ1v) is 8.61. The Balaban J connectivity index is 1.46. The molecule has 0 aromatic carbocycles. The van der Waals surface area contributed by atoms with Gasteiger partial charge in [0.15, 0.2) is 0 Å². The Morgan fingerprint density at radius 1 is 1.19 bits per heavy atom. The number of nitrogens with zero attached hydrogens (tertiary/aromatic N) is 5. The molecule has 1 saturated heterocycles. The van der Waals surface area contributed by atoms with Crippen molar-refractivity contribution in [3.05, 3.63) is 60.5 Å². The van der Waals surface area contributed by atoms with Crippen LogP contribution in [0.5, 0.6) is 0 Å². The van der Waals surface area contributed by atoms with Gasteiger partial charge in [0.25, 0.3) is 0 Å². The maximum Gasteiger partial charge on any atom is 0.232 e. The van der Waals surface area contributed by atoms with E-state index >= 15 is 0 Å². The molecule has 3 aromatic rings. The third kappa shape index (κ3) is 3.33. The van der Waals surface area contributed by atoms with E-state index in [-0.39, 0.29) is 17.7 Å². The molecular weight excluding hydrogens is 330 g/mol. The van der Waals surface area contributed by atoms with Crippen molar-refractivity contribution in [3.8, 4) is 11.4 Å². The third-order valence-electron chi connectivity index (χ3n) is 4.74. The summed E-state index contributed by atoms with van der Waals surface area (Å²) in [5.41, 5.74) is 1.79. The number of likely N-dealkylation sites (tertiary alicyclic amines) is 1. The average Bonchev–Trinajstić information content (AvgIpc) is 3.30. The second-order valence-corrected chi connectivity index (χ2v) is 6.61. The second kappa shape index (κ2) is 7.03. The van der Waals surface area contributed by atoms with Crippen molar-refractivity contribution in [2.75, 3.05) is 13.1 Å². The molecule has 7 heteroatoms. The predicted molar refractivity (Wildman–Crippen MR) is 94.0 cm³/mol. The van der Waals surface area contributed by atoms with Gasteiger partial charge in [-0.1, -0.05) is 18.1 Å². The van der Waals surface area contributed by atoms with E-state index < -0.39 is 0 Å². The van der Waals surface area contributed by atoms with Gasteiger partial charge in [0.05, 0.1) is 12.3 Å². The third-order valence-corrected chi connectivity index (χ3v) is 4.74. The summed E-state index contributed by atoms with van der Waals surface area (Å²) in [6, 6.07) is 7.45. The van der Waals surface area contributed by atoms with Gasteiger partial charge >= 0.3 is 0 Å². The summed E-state index contributed by atoms with van der Waals surface area (Å²) in [7, 11) is 0. The van der Waals surface area contributed by atoms with E-state index in [2.05, 4.69) is 27.0 Å². The topological polar surface area (TPSA) is 85.0 Å². The highest BCUT2D eigenvalue weighted by atomic mass is 16.5. The molecular formula is C19H19N5O2. The van der Waals surface area contributed by atoms with E-state index in [1.54, 1.807) is 24.8 Å². The molecule has 0 bridgehead atoms. The van der Waals surface area contributed by atoms with Gasteiger partial charge in [-0.15, -0.1) is 0 Å². The van der Waals surface area contributed by atoms with Gasteiger partial charge in [-0.2, -0.15) is 4.98 Å². The lowest BCUT2D eigenvalue weighted by molar-refractivity contribution is -0.129. The van der Waals surface area contributed by atoms with Crippen LogP contribution in [0.3, 0.4) is 0 Å². The minimum atomic E-state index is 0.0518. The smallest absolute Gasteiger partial charge is 0.232 e. The SMILES string of the molecule is CC1CN(C(=O)Cc2cccnc2)CC1c1nc(-c2ccncc2)no1. The number of hydrogen-bond donors (Lipinski definition) is 0. The molecule has 26 heavy (non-hydrogen) atoms. The van der Waals surface area contributed by atoms with Crippen molar-refractivity contribution in [1.29, 1.82) is 0 Å². The van der Waals surface area contributed by atoms with Crippen LogP contribution in [0.25, 0.3) is 11.4 Å². The number of pyridine rings is 2. The fourth-order valence-electron chi connectivity index (χ4n) is 3.29. The molecule has 0 N–H and O–H groups in total. The number of amides is 1. The fraction of sp³-hybridized carbons (Fsp3) is 0.316. The van der Waals surface area contributed by atoms with Gasteiger partial charge in [-0.25, -0.2) is 0 Å². The quantitative estimate of drug-likeness (QED) is 0.719. The van der Waals surface area contributed by atoms with Crippen LogP contribution in [0.2, 0.25) is 0 Å². The standard InChI is InChI=1S/C19H19N5O2/c1-13-11-24(17(25)9-14-3-2-6-21-10-14)12-16(13)19-22-18(23-26-19)15-4-7-20-8-5-15/h2-8,10,13,16H,9,11-12H2,1H3. The summed E-state index contributed by atoms with van der Waals surface area (Å²) < 4.78 is 5.49. The molecule has 4 rings (SSSR count). The molecule has 132 valence electrons. The maximum absolute atomic E-state index is 12.6. The lowest BCUT2D eigenvalue weighted by Gasteiger charge is -2.15.